The summed E-state index contributed by atoms with van der Waals surface area (Å²) >= 11 is 0. The maximum atomic E-state index is 3.77. The van der Waals surface area contributed by atoms with E-state index in [0.29, 0.717) is 23.5 Å². The second kappa shape index (κ2) is 5.50. The van der Waals surface area contributed by atoms with Gasteiger partial charge < -0.3 is 5.32 Å². The van der Waals surface area contributed by atoms with Crippen LogP contribution in [0.1, 0.15) is 53.9 Å². The molecule has 0 aromatic heterocycles. The van der Waals surface area contributed by atoms with Crippen LogP contribution in [0.3, 0.4) is 0 Å². The van der Waals surface area contributed by atoms with Gasteiger partial charge in [0.25, 0.3) is 0 Å². The molecule has 16 heavy (non-hydrogen) atoms. The largest absolute Gasteiger partial charge is 0.312 e. The molecular weight excluding hydrogens is 196 g/mol. The maximum absolute atomic E-state index is 3.77. The van der Waals surface area contributed by atoms with Crippen molar-refractivity contribution in [2.45, 2.75) is 72.0 Å². The van der Waals surface area contributed by atoms with E-state index in [0.717, 1.165) is 6.54 Å². The van der Waals surface area contributed by atoms with E-state index in [1.165, 1.54) is 19.3 Å². The number of hydrogen-bond donors (Lipinski definition) is 1. The first kappa shape index (κ1) is 14.0. The monoisotopic (exact) mass is 226 g/mol. The highest BCUT2D eigenvalue weighted by atomic mass is 15.2. The van der Waals surface area contributed by atoms with Gasteiger partial charge in [0.05, 0.1) is 0 Å². The molecule has 2 heteroatoms. The average molecular weight is 226 g/mol. The summed E-state index contributed by atoms with van der Waals surface area (Å²) in [4.78, 5) is 2.54. The van der Waals surface area contributed by atoms with E-state index in [1.807, 2.05) is 0 Å². The van der Waals surface area contributed by atoms with Crippen LogP contribution in [0.5, 0.6) is 0 Å². The van der Waals surface area contributed by atoms with Crippen molar-refractivity contribution >= 4 is 0 Å². The van der Waals surface area contributed by atoms with Crippen LogP contribution in [-0.4, -0.2) is 36.6 Å². The van der Waals surface area contributed by atoms with Crippen LogP contribution >= 0.6 is 0 Å². The minimum absolute atomic E-state index is 0.447. The zero-order valence-corrected chi connectivity index (χ0v) is 12.0. The van der Waals surface area contributed by atoms with E-state index in [2.05, 4.69) is 51.9 Å². The van der Waals surface area contributed by atoms with Crippen LogP contribution in [0.15, 0.2) is 0 Å². The predicted octanol–water partition coefficient (Wildman–Crippen LogP) is 2.88. The van der Waals surface area contributed by atoms with Crippen LogP contribution < -0.4 is 5.32 Å². The van der Waals surface area contributed by atoms with Crippen molar-refractivity contribution in [1.29, 1.82) is 0 Å². The Morgan fingerprint density at radius 2 is 2.00 bits per heavy atom. The van der Waals surface area contributed by atoms with Gasteiger partial charge in [0, 0.05) is 18.1 Å². The van der Waals surface area contributed by atoms with E-state index < -0.39 is 0 Å². The Labute approximate surface area is 102 Å². The lowest BCUT2D eigenvalue weighted by molar-refractivity contribution is 0.143. The third-order valence-corrected chi connectivity index (χ3v) is 4.26. The van der Waals surface area contributed by atoms with Gasteiger partial charge in [-0.3, -0.25) is 4.90 Å². The summed E-state index contributed by atoms with van der Waals surface area (Å²) in [5, 5.41) is 3.77. The summed E-state index contributed by atoms with van der Waals surface area (Å²) in [7, 11) is 2.28. The molecule has 0 aromatic rings. The molecule has 0 saturated heterocycles. The van der Waals surface area contributed by atoms with E-state index >= 15 is 0 Å². The quantitative estimate of drug-likeness (QED) is 0.775. The first-order valence-corrected chi connectivity index (χ1v) is 6.85. The SMILES string of the molecule is CCCNC1C(N(C)C(C)C)CCC1(C)C. The van der Waals surface area contributed by atoms with Gasteiger partial charge in [-0.25, -0.2) is 0 Å². The van der Waals surface area contributed by atoms with Gasteiger partial charge in [-0.15, -0.1) is 0 Å². The van der Waals surface area contributed by atoms with Crippen LogP contribution in [0, 0.1) is 5.41 Å². The van der Waals surface area contributed by atoms with E-state index in [1.54, 1.807) is 0 Å². The highest BCUT2D eigenvalue weighted by molar-refractivity contribution is 5.00. The van der Waals surface area contributed by atoms with Crippen molar-refractivity contribution in [3.8, 4) is 0 Å². The molecule has 0 amide bonds. The van der Waals surface area contributed by atoms with Crippen molar-refractivity contribution in [2.24, 2.45) is 5.41 Å². The molecule has 0 aliphatic heterocycles. The van der Waals surface area contributed by atoms with Crippen molar-refractivity contribution < 1.29 is 0 Å². The number of hydrogen-bond acceptors (Lipinski definition) is 2. The molecule has 1 rings (SSSR count). The summed E-state index contributed by atoms with van der Waals surface area (Å²) in [6, 6.07) is 2.01. The molecule has 0 spiro atoms. The molecule has 0 bridgehead atoms. The topological polar surface area (TPSA) is 15.3 Å². The van der Waals surface area contributed by atoms with Crippen LogP contribution in [0.25, 0.3) is 0 Å². The van der Waals surface area contributed by atoms with Gasteiger partial charge in [0.1, 0.15) is 0 Å². The van der Waals surface area contributed by atoms with Gasteiger partial charge >= 0.3 is 0 Å². The molecule has 1 aliphatic rings. The summed E-state index contributed by atoms with van der Waals surface area (Å²) in [5.74, 6) is 0. The second-order valence-corrected chi connectivity index (χ2v) is 6.29. The van der Waals surface area contributed by atoms with E-state index in [9.17, 15) is 0 Å². The molecule has 2 atom stereocenters. The Morgan fingerprint density at radius 1 is 1.38 bits per heavy atom. The zero-order valence-electron chi connectivity index (χ0n) is 12.0. The van der Waals surface area contributed by atoms with Gasteiger partial charge in [-0.05, 0) is 52.1 Å². The minimum atomic E-state index is 0.447. The zero-order chi connectivity index (χ0) is 12.3. The van der Waals surface area contributed by atoms with Gasteiger partial charge in [-0.2, -0.15) is 0 Å². The summed E-state index contributed by atoms with van der Waals surface area (Å²) in [6.45, 7) is 12.8. The van der Waals surface area contributed by atoms with Crippen molar-refractivity contribution in [3.63, 3.8) is 0 Å². The molecule has 0 heterocycles. The Hall–Kier alpha value is -0.0800. The van der Waals surface area contributed by atoms with Crippen LogP contribution in [-0.2, 0) is 0 Å². The van der Waals surface area contributed by atoms with E-state index in [4.69, 9.17) is 0 Å². The van der Waals surface area contributed by atoms with Gasteiger partial charge in [0.15, 0.2) is 0 Å². The predicted molar refractivity (Wildman–Crippen MR) is 71.8 cm³/mol. The number of rotatable bonds is 5. The Bertz CT molecular complexity index is 211. The van der Waals surface area contributed by atoms with Crippen molar-refractivity contribution in [3.05, 3.63) is 0 Å². The highest BCUT2D eigenvalue weighted by Gasteiger charge is 2.43. The molecule has 2 unspecified atom stereocenters. The highest BCUT2D eigenvalue weighted by Crippen LogP contribution is 2.39. The molecule has 96 valence electrons. The molecule has 0 aromatic carbocycles. The third kappa shape index (κ3) is 2.98. The van der Waals surface area contributed by atoms with Crippen molar-refractivity contribution in [2.75, 3.05) is 13.6 Å². The first-order chi connectivity index (χ1) is 7.40. The first-order valence-electron chi connectivity index (χ1n) is 6.85. The minimum Gasteiger partial charge on any atom is -0.312 e. The smallest absolute Gasteiger partial charge is 0.0274 e. The number of nitrogens with one attached hydrogen (secondary N) is 1. The fraction of sp³-hybridized carbons (Fsp3) is 1.00. The molecular formula is C14H30N2. The Kier molecular flexibility index (Phi) is 4.81. The molecule has 1 aliphatic carbocycles. The standard InChI is InChI=1S/C14H30N2/c1-7-10-15-13-12(16(6)11(2)3)8-9-14(13,4)5/h11-13,15H,7-10H2,1-6H3. The Balaban J connectivity index is 2.69. The summed E-state index contributed by atoms with van der Waals surface area (Å²) < 4.78 is 0. The van der Waals surface area contributed by atoms with Crippen molar-refractivity contribution in [1.82, 2.24) is 10.2 Å². The molecule has 1 fully saturated rings. The molecule has 1 saturated carbocycles. The lowest BCUT2D eigenvalue weighted by Gasteiger charge is -2.38. The van der Waals surface area contributed by atoms with Gasteiger partial charge in [0.2, 0.25) is 0 Å². The Morgan fingerprint density at radius 3 is 2.50 bits per heavy atom. The normalized spacial score (nSPS) is 29.2. The van der Waals surface area contributed by atoms with Crippen LogP contribution in [0.2, 0.25) is 0 Å². The van der Waals surface area contributed by atoms with Crippen LogP contribution in [0.4, 0.5) is 0 Å². The molecule has 2 nitrogen and oxygen atoms in total. The summed E-state index contributed by atoms with van der Waals surface area (Å²) in [5.41, 5.74) is 0.447. The third-order valence-electron chi connectivity index (χ3n) is 4.26. The summed E-state index contributed by atoms with van der Waals surface area (Å²) in [6.07, 6.45) is 3.91. The fourth-order valence-electron chi connectivity index (χ4n) is 2.90. The fourth-order valence-corrected chi connectivity index (χ4v) is 2.90. The number of nitrogens with zero attached hydrogens (tertiary/aromatic N) is 1. The van der Waals surface area contributed by atoms with E-state index in [-0.39, 0.29) is 0 Å². The average Bonchev–Trinajstić information content (AvgIpc) is 2.49. The maximum Gasteiger partial charge on any atom is 0.0274 e. The van der Waals surface area contributed by atoms with Gasteiger partial charge in [-0.1, -0.05) is 20.8 Å². The lowest BCUT2D eigenvalue weighted by Crippen LogP contribution is -2.52. The molecule has 1 N–H and O–H groups in total. The molecule has 0 radical (unpaired) electrons. The lowest BCUT2D eigenvalue weighted by atomic mass is 9.86. The second-order valence-electron chi connectivity index (χ2n) is 6.29. The number of likely N-dealkylation sites (N-methyl/N-ethyl adjacent to an activating group) is 1.